The maximum Gasteiger partial charge on any atom is 0.256 e. The van der Waals surface area contributed by atoms with Gasteiger partial charge in [0.15, 0.2) is 10.4 Å². The molecule has 0 aliphatic heterocycles. The van der Waals surface area contributed by atoms with Gasteiger partial charge in [-0.05, 0) is 34.1 Å². The highest BCUT2D eigenvalue weighted by Crippen LogP contribution is 2.26. The second kappa shape index (κ2) is 3.90. The monoisotopic (exact) mass is 269 g/mol. The van der Waals surface area contributed by atoms with Crippen molar-refractivity contribution in [3.63, 3.8) is 0 Å². The number of hydrogen-bond acceptors (Lipinski definition) is 5. The minimum atomic E-state index is 0.310. The summed E-state index contributed by atoms with van der Waals surface area (Å²) in [5.74, 6) is 0.910. The zero-order valence-corrected chi connectivity index (χ0v) is 9.48. The molecule has 0 spiro atoms. The third-order valence-electron chi connectivity index (χ3n) is 1.81. The number of methoxy groups -OCH3 is 1. The Morgan fingerprint density at radius 2 is 2.20 bits per heavy atom. The molecule has 0 saturated heterocycles. The Kier molecular flexibility index (Phi) is 2.59. The molecule has 5 nitrogen and oxygen atoms in total. The maximum atomic E-state index is 5.70. The van der Waals surface area contributed by atoms with E-state index in [-0.39, 0.29) is 0 Å². The molecule has 2 aromatic rings. The number of hydrogen-bond donors (Lipinski definition) is 1. The molecule has 0 aliphatic rings. The SMILES string of the molecule is COc1nnc(-c2ccc(Br)o2)cc1N. The van der Waals surface area contributed by atoms with Crippen molar-refractivity contribution in [1.29, 1.82) is 0 Å². The molecule has 0 unspecified atom stereocenters. The van der Waals surface area contributed by atoms with E-state index in [4.69, 9.17) is 14.9 Å². The normalized spacial score (nSPS) is 10.3. The number of nitrogens with zero attached hydrogens (tertiary/aromatic N) is 2. The molecular formula is C9H8BrN3O2. The lowest BCUT2D eigenvalue weighted by Gasteiger charge is -2.02. The second-order valence-electron chi connectivity index (χ2n) is 2.80. The smallest absolute Gasteiger partial charge is 0.256 e. The van der Waals surface area contributed by atoms with Crippen LogP contribution in [-0.4, -0.2) is 17.3 Å². The van der Waals surface area contributed by atoms with E-state index in [0.29, 0.717) is 27.7 Å². The van der Waals surface area contributed by atoms with E-state index in [9.17, 15) is 0 Å². The van der Waals surface area contributed by atoms with Crippen LogP contribution in [0.25, 0.3) is 11.5 Å². The van der Waals surface area contributed by atoms with Crippen LogP contribution in [0.15, 0.2) is 27.3 Å². The summed E-state index contributed by atoms with van der Waals surface area (Å²) in [6.45, 7) is 0. The van der Waals surface area contributed by atoms with Gasteiger partial charge in [0.25, 0.3) is 5.88 Å². The maximum absolute atomic E-state index is 5.70. The van der Waals surface area contributed by atoms with Crippen LogP contribution in [0, 0.1) is 0 Å². The van der Waals surface area contributed by atoms with Gasteiger partial charge < -0.3 is 14.9 Å². The highest BCUT2D eigenvalue weighted by molar-refractivity contribution is 9.10. The predicted octanol–water partition coefficient (Wildman–Crippen LogP) is 2.09. The number of nitrogens with two attached hydrogens (primary N) is 1. The molecule has 0 atom stereocenters. The molecule has 15 heavy (non-hydrogen) atoms. The molecule has 0 fully saturated rings. The average molecular weight is 270 g/mol. The summed E-state index contributed by atoms with van der Waals surface area (Å²) in [6.07, 6.45) is 0. The lowest BCUT2D eigenvalue weighted by atomic mass is 10.3. The van der Waals surface area contributed by atoms with Crippen molar-refractivity contribution in [2.45, 2.75) is 0 Å². The first kappa shape index (κ1) is 9.97. The van der Waals surface area contributed by atoms with E-state index in [2.05, 4.69) is 26.1 Å². The van der Waals surface area contributed by atoms with Crippen LogP contribution in [-0.2, 0) is 0 Å². The van der Waals surface area contributed by atoms with Crippen LogP contribution < -0.4 is 10.5 Å². The van der Waals surface area contributed by atoms with Crippen LogP contribution in [0.3, 0.4) is 0 Å². The lowest BCUT2D eigenvalue weighted by Crippen LogP contribution is -1.98. The van der Waals surface area contributed by atoms with Gasteiger partial charge in [0.05, 0.1) is 12.8 Å². The Labute approximate surface area is 94.4 Å². The molecule has 0 radical (unpaired) electrons. The van der Waals surface area contributed by atoms with Crippen molar-refractivity contribution in [1.82, 2.24) is 10.2 Å². The summed E-state index contributed by atoms with van der Waals surface area (Å²) < 4.78 is 10.9. The van der Waals surface area contributed by atoms with Gasteiger partial charge in [-0.15, -0.1) is 10.2 Å². The van der Waals surface area contributed by atoms with Crippen LogP contribution in [0.2, 0.25) is 0 Å². The Hall–Kier alpha value is -1.56. The highest BCUT2D eigenvalue weighted by Gasteiger charge is 2.09. The third-order valence-corrected chi connectivity index (χ3v) is 2.23. The fraction of sp³-hybridized carbons (Fsp3) is 0.111. The molecule has 0 aliphatic carbocycles. The molecule has 2 aromatic heterocycles. The quantitative estimate of drug-likeness (QED) is 0.904. The zero-order valence-electron chi connectivity index (χ0n) is 7.90. The lowest BCUT2D eigenvalue weighted by molar-refractivity contribution is 0.394. The largest absolute Gasteiger partial charge is 0.478 e. The number of ether oxygens (including phenoxy) is 1. The summed E-state index contributed by atoms with van der Waals surface area (Å²) in [7, 11) is 1.49. The van der Waals surface area contributed by atoms with Gasteiger partial charge in [0.1, 0.15) is 5.69 Å². The number of anilines is 1. The van der Waals surface area contributed by atoms with Gasteiger partial charge in [-0.25, -0.2) is 0 Å². The summed E-state index contributed by atoms with van der Waals surface area (Å²) in [5, 5.41) is 7.73. The minimum Gasteiger partial charge on any atom is -0.478 e. The van der Waals surface area contributed by atoms with Crippen molar-refractivity contribution in [3.8, 4) is 17.3 Å². The Morgan fingerprint density at radius 1 is 1.40 bits per heavy atom. The van der Waals surface area contributed by atoms with Crippen LogP contribution in [0.1, 0.15) is 0 Å². The topological polar surface area (TPSA) is 74.2 Å². The van der Waals surface area contributed by atoms with Crippen LogP contribution in [0.5, 0.6) is 5.88 Å². The van der Waals surface area contributed by atoms with E-state index >= 15 is 0 Å². The first-order valence-corrected chi connectivity index (χ1v) is 4.93. The molecule has 2 N–H and O–H groups in total. The Bertz CT molecular complexity index is 484. The molecule has 2 heterocycles. The van der Waals surface area contributed by atoms with Crippen molar-refractivity contribution in [2.75, 3.05) is 12.8 Å². The molecule has 0 amide bonds. The third kappa shape index (κ3) is 1.94. The van der Waals surface area contributed by atoms with Gasteiger partial charge in [0, 0.05) is 0 Å². The molecular weight excluding hydrogens is 262 g/mol. The zero-order chi connectivity index (χ0) is 10.8. The van der Waals surface area contributed by atoms with Gasteiger partial charge in [0.2, 0.25) is 0 Å². The minimum absolute atomic E-state index is 0.310. The van der Waals surface area contributed by atoms with E-state index < -0.39 is 0 Å². The highest BCUT2D eigenvalue weighted by atomic mass is 79.9. The van der Waals surface area contributed by atoms with Crippen LogP contribution >= 0.6 is 15.9 Å². The fourth-order valence-corrected chi connectivity index (χ4v) is 1.43. The van der Waals surface area contributed by atoms with Crippen molar-refractivity contribution in [3.05, 3.63) is 22.9 Å². The van der Waals surface area contributed by atoms with Crippen LogP contribution in [0.4, 0.5) is 5.69 Å². The van der Waals surface area contributed by atoms with Gasteiger partial charge in [-0.3, -0.25) is 0 Å². The van der Waals surface area contributed by atoms with Crippen molar-refractivity contribution in [2.24, 2.45) is 0 Å². The number of furan rings is 1. The number of halogens is 1. The number of rotatable bonds is 2. The van der Waals surface area contributed by atoms with E-state index in [1.165, 1.54) is 7.11 Å². The van der Waals surface area contributed by atoms with Gasteiger partial charge in [-0.2, -0.15) is 0 Å². The van der Waals surface area contributed by atoms with Crippen molar-refractivity contribution >= 4 is 21.6 Å². The fourth-order valence-electron chi connectivity index (χ4n) is 1.13. The number of aromatic nitrogens is 2. The number of nitrogen functional groups attached to an aromatic ring is 1. The molecule has 2 rings (SSSR count). The first-order chi connectivity index (χ1) is 7.20. The molecule has 0 aromatic carbocycles. The van der Waals surface area contributed by atoms with E-state index in [1.807, 2.05) is 0 Å². The molecule has 78 valence electrons. The summed E-state index contributed by atoms with van der Waals surface area (Å²) in [4.78, 5) is 0. The summed E-state index contributed by atoms with van der Waals surface area (Å²) >= 11 is 3.21. The Morgan fingerprint density at radius 3 is 2.73 bits per heavy atom. The summed E-state index contributed by atoms with van der Waals surface area (Å²) in [6, 6.07) is 5.20. The van der Waals surface area contributed by atoms with Crippen molar-refractivity contribution < 1.29 is 9.15 Å². The summed E-state index contributed by atoms with van der Waals surface area (Å²) in [5.41, 5.74) is 6.69. The molecule has 0 saturated carbocycles. The first-order valence-electron chi connectivity index (χ1n) is 4.13. The predicted molar refractivity (Wildman–Crippen MR) is 58.4 cm³/mol. The van der Waals surface area contributed by atoms with E-state index in [1.54, 1.807) is 18.2 Å². The van der Waals surface area contributed by atoms with E-state index in [0.717, 1.165) is 0 Å². The van der Waals surface area contributed by atoms with Gasteiger partial charge >= 0.3 is 0 Å². The van der Waals surface area contributed by atoms with Gasteiger partial charge in [-0.1, -0.05) is 0 Å². The standard InChI is InChI=1S/C9H8BrN3O2/c1-14-9-5(11)4-6(12-13-9)7-2-3-8(10)15-7/h2-4H,1H3,(H2,11,12). The average Bonchev–Trinajstić information content (AvgIpc) is 2.65. The molecule has 0 bridgehead atoms. The Balaban J connectivity index is 2.42. The molecule has 6 heteroatoms. The second-order valence-corrected chi connectivity index (χ2v) is 3.58.